The minimum Gasteiger partial charge on any atom is -0.434 e. The quantitative estimate of drug-likeness (QED) is 0.575. The summed E-state index contributed by atoms with van der Waals surface area (Å²) in [7, 11) is 0. The third kappa shape index (κ3) is 3.10. The number of halogens is 2. The lowest BCUT2D eigenvalue weighted by atomic mass is 10.5. The zero-order chi connectivity index (χ0) is 6.62. The van der Waals surface area contributed by atoms with Crippen molar-refractivity contribution in [3.63, 3.8) is 0 Å². The first-order chi connectivity index (χ1) is 3.62. The summed E-state index contributed by atoms with van der Waals surface area (Å²) in [5.41, 5.74) is 0. The van der Waals surface area contributed by atoms with Gasteiger partial charge in [-0.1, -0.05) is 11.6 Å². The van der Waals surface area contributed by atoms with Crippen molar-refractivity contribution < 1.29 is 9.53 Å². The molecule has 0 aromatic heterocycles. The number of rotatable bonds is 3. The van der Waals surface area contributed by atoms with Crippen LogP contribution in [0.1, 0.15) is 6.92 Å². The van der Waals surface area contributed by atoms with Crippen LogP contribution in [0.2, 0.25) is 0 Å². The molecule has 0 spiro atoms. The highest BCUT2D eigenvalue weighted by Crippen LogP contribution is 2.15. The summed E-state index contributed by atoms with van der Waals surface area (Å²) in [6.07, 6.45) is 0. The van der Waals surface area contributed by atoms with Crippen LogP contribution < -0.4 is 0 Å². The van der Waals surface area contributed by atoms with Gasteiger partial charge in [-0.2, -0.15) is 0 Å². The van der Waals surface area contributed by atoms with E-state index in [1.165, 1.54) is 13.4 Å². The number of ether oxygens (including phenoxy) is 1. The first-order valence-electron chi connectivity index (χ1n) is 1.92. The van der Waals surface area contributed by atoms with Crippen LogP contribution in [0.5, 0.6) is 0 Å². The average molecular weight is 156 g/mol. The second-order valence-corrected chi connectivity index (χ2v) is 2.49. The molecule has 0 aliphatic carbocycles. The maximum Gasteiger partial charge on any atom is 0.419 e. The van der Waals surface area contributed by atoms with Crippen molar-refractivity contribution in [2.24, 2.45) is 0 Å². The zero-order valence-corrected chi connectivity index (χ0v) is 5.79. The maximum atomic E-state index is 9.49. The molecule has 1 unspecified atom stereocenters. The summed E-state index contributed by atoms with van der Waals surface area (Å²) in [5.74, 6) is 0.0593. The second-order valence-electron chi connectivity index (χ2n) is 1.42. The molecule has 47 valence electrons. The molecule has 0 amide bonds. The molecule has 2 nitrogen and oxygen atoms in total. The van der Waals surface area contributed by atoms with E-state index in [1.54, 1.807) is 0 Å². The van der Waals surface area contributed by atoms with Gasteiger partial charge in [-0.3, -0.25) is 0 Å². The minimum absolute atomic E-state index is 0.0593. The lowest BCUT2D eigenvalue weighted by Crippen LogP contribution is -2.21. The first kappa shape index (κ1) is 8.05. The lowest BCUT2D eigenvalue weighted by Gasteiger charge is -2.13. The molecule has 0 aliphatic heterocycles. The second kappa shape index (κ2) is 3.15. The predicted octanol–water partition coefficient (Wildman–Crippen LogP) is 1.26. The van der Waals surface area contributed by atoms with Crippen LogP contribution in [0, 0.1) is 0 Å². The largest absolute Gasteiger partial charge is 0.434 e. The first-order valence-corrected chi connectivity index (χ1v) is 2.83. The Labute approximate surface area is 57.7 Å². The van der Waals surface area contributed by atoms with E-state index in [4.69, 9.17) is 23.2 Å². The summed E-state index contributed by atoms with van der Waals surface area (Å²) < 4.78 is 4.21. The summed E-state index contributed by atoms with van der Waals surface area (Å²) >= 11 is 10.6. The molecule has 0 heterocycles. The summed E-state index contributed by atoms with van der Waals surface area (Å²) in [6.45, 7) is 2.67. The molecule has 1 radical (unpaired) electrons. The van der Waals surface area contributed by atoms with E-state index in [1.807, 2.05) is 0 Å². The van der Waals surface area contributed by atoms with Crippen LogP contribution in [-0.4, -0.2) is 17.4 Å². The zero-order valence-electron chi connectivity index (χ0n) is 4.28. The Morgan fingerprint density at radius 2 is 2.38 bits per heavy atom. The van der Waals surface area contributed by atoms with Crippen molar-refractivity contribution >= 4 is 29.7 Å². The fraction of sp³-hybridized carbons (Fsp3) is 0.750. The van der Waals surface area contributed by atoms with Crippen molar-refractivity contribution in [2.75, 3.05) is 5.88 Å². The van der Waals surface area contributed by atoms with Gasteiger partial charge in [0, 0.05) is 0 Å². The van der Waals surface area contributed by atoms with Crippen molar-refractivity contribution in [3.05, 3.63) is 0 Å². The smallest absolute Gasteiger partial charge is 0.419 e. The molecule has 0 aromatic rings. The molecule has 0 fully saturated rings. The normalized spacial score (nSPS) is 16.9. The van der Waals surface area contributed by atoms with Gasteiger partial charge in [-0.25, -0.2) is 4.79 Å². The highest BCUT2D eigenvalue weighted by Gasteiger charge is 2.19. The van der Waals surface area contributed by atoms with Crippen molar-refractivity contribution in [3.8, 4) is 0 Å². The van der Waals surface area contributed by atoms with Crippen molar-refractivity contribution in [1.82, 2.24) is 0 Å². The fourth-order valence-corrected chi connectivity index (χ4v) is 0.200. The Morgan fingerprint density at radius 3 is 2.50 bits per heavy atom. The van der Waals surface area contributed by atoms with Crippen LogP contribution in [0.15, 0.2) is 0 Å². The van der Waals surface area contributed by atoms with Crippen molar-refractivity contribution in [1.29, 1.82) is 0 Å². The third-order valence-corrected chi connectivity index (χ3v) is 1.35. The molecule has 0 saturated carbocycles. The number of carbonyl (C=O) groups excluding carboxylic acids is 1. The van der Waals surface area contributed by atoms with Gasteiger partial charge < -0.3 is 4.74 Å². The maximum absolute atomic E-state index is 9.49. The fourth-order valence-electron chi connectivity index (χ4n) is 0.114. The van der Waals surface area contributed by atoms with Gasteiger partial charge in [-0.05, 0) is 6.92 Å². The molecule has 0 saturated heterocycles. The van der Waals surface area contributed by atoms with Gasteiger partial charge in [0.2, 0.25) is 0 Å². The van der Waals surface area contributed by atoms with E-state index >= 15 is 0 Å². The summed E-state index contributed by atoms with van der Waals surface area (Å²) in [5, 5.41) is -1.09. The molecule has 0 bridgehead atoms. The van der Waals surface area contributed by atoms with Crippen LogP contribution in [0.4, 0.5) is 0 Å². The predicted molar refractivity (Wildman–Crippen MR) is 31.8 cm³/mol. The highest BCUT2D eigenvalue weighted by atomic mass is 35.5. The summed E-state index contributed by atoms with van der Waals surface area (Å²) in [4.78, 5) is 9.49. The van der Waals surface area contributed by atoms with E-state index in [0.29, 0.717) is 0 Å². The Hall–Kier alpha value is 0.0500. The van der Waals surface area contributed by atoms with Crippen LogP contribution in [0.3, 0.4) is 0 Å². The molecule has 0 N–H and O–H groups in total. The topological polar surface area (TPSA) is 26.3 Å². The SMILES string of the molecule is CC(Cl)(CCl)O[C]=O. The molecule has 0 aliphatic rings. The van der Waals surface area contributed by atoms with Gasteiger partial charge >= 0.3 is 6.47 Å². The molecule has 4 heteroatoms. The van der Waals surface area contributed by atoms with E-state index in [0.717, 1.165) is 0 Å². The van der Waals surface area contributed by atoms with Gasteiger partial charge in [0.25, 0.3) is 0 Å². The van der Waals surface area contributed by atoms with Crippen LogP contribution in [0.25, 0.3) is 0 Å². The van der Waals surface area contributed by atoms with Gasteiger partial charge in [-0.15, -0.1) is 11.6 Å². The molecule has 1 atom stereocenters. The van der Waals surface area contributed by atoms with Crippen LogP contribution in [-0.2, 0) is 9.53 Å². The number of hydrogen-bond acceptors (Lipinski definition) is 2. The number of hydrogen-bond donors (Lipinski definition) is 0. The molecule has 0 aromatic carbocycles. The van der Waals surface area contributed by atoms with E-state index in [-0.39, 0.29) is 5.88 Å². The van der Waals surface area contributed by atoms with Crippen LogP contribution >= 0.6 is 23.2 Å². The Bertz CT molecular complexity index is 82.1. The van der Waals surface area contributed by atoms with Gasteiger partial charge in [0.15, 0.2) is 5.06 Å². The molecular weight excluding hydrogens is 151 g/mol. The minimum atomic E-state index is -1.09. The number of alkyl halides is 2. The van der Waals surface area contributed by atoms with Gasteiger partial charge in [0.1, 0.15) is 0 Å². The summed E-state index contributed by atoms with van der Waals surface area (Å²) in [6, 6.07) is 0. The van der Waals surface area contributed by atoms with E-state index in [9.17, 15) is 4.79 Å². The standard InChI is InChI=1S/C4H5Cl2O2/c1-4(6,2-5)8-3-7/h2H2,1H3. The van der Waals surface area contributed by atoms with Gasteiger partial charge in [0.05, 0.1) is 5.88 Å². The molecular formula is C4H5Cl2O2. The average Bonchev–Trinajstić information content (AvgIpc) is 1.67. The monoisotopic (exact) mass is 155 g/mol. The third-order valence-electron chi connectivity index (χ3n) is 0.493. The Morgan fingerprint density at radius 1 is 1.88 bits per heavy atom. The Kier molecular flexibility index (Phi) is 3.17. The lowest BCUT2D eigenvalue weighted by molar-refractivity contribution is 0.176. The van der Waals surface area contributed by atoms with Crippen molar-refractivity contribution in [2.45, 2.75) is 12.0 Å². The molecule has 0 rings (SSSR count). The van der Waals surface area contributed by atoms with E-state index in [2.05, 4.69) is 4.74 Å². The highest BCUT2D eigenvalue weighted by molar-refractivity contribution is 6.29. The van der Waals surface area contributed by atoms with E-state index < -0.39 is 5.06 Å². The Balaban J connectivity index is 3.53. The molecule has 8 heavy (non-hydrogen) atoms.